The van der Waals surface area contributed by atoms with Crippen LogP contribution in [0.2, 0.25) is 0 Å². The van der Waals surface area contributed by atoms with Crippen LogP contribution < -0.4 is 14.2 Å². The van der Waals surface area contributed by atoms with Crippen LogP contribution in [0.4, 0.5) is 0 Å². The third kappa shape index (κ3) is 4.95. The maximum absolute atomic E-state index is 14.0. The molecule has 0 saturated carbocycles. The molecule has 1 aliphatic rings. The van der Waals surface area contributed by atoms with Crippen molar-refractivity contribution in [3.63, 3.8) is 0 Å². The quantitative estimate of drug-likeness (QED) is 0.459. The van der Waals surface area contributed by atoms with Gasteiger partial charge in [-0.3, -0.25) is 9.69 Å². The zero-order valence-corrected chi connectivity index (χ0v) is 23.0. The Bertz CT molecular complexity index is 1430. The van der Waals surface area contributed by atoms with E-state index < -0.39 is 21.5 Å². The van der Waals surface area contributed by atoms with Gasteiger partial charge in [-0.05, 0) is 75.1 Å². The van der Waals surface area contributed by atoms with Crippen molar-refractivity contribution in [2.45, 2.75) is 58.1 Å². The highest BCUT2D eigenvalue weighted by molar-refractivity contribution is 7.90. The summed E-state index contributed by atoms with van der Waals surface area (Å²) >= 11 is 0. The molecular formula is C29H34N2O5S. The summed E-state index contributed by atoms with van der Waals surface area (Å²) in [7, 11) is -2.68. The van der Waals surface area contributed by atoms with Crippen LogP contribution in [0.1, 0.15) is 47.2 Å². The number of ether oxygens (including phenoxy) is 2. The average Bonchev–Trinajstić information content (AvgIpc) is 3.15. The number of carbonyl (C=O) groups is 1. The molecule has 0 fully saturated rings. The molecule has 1 aliphatic heterocycles. The molecular weight excluding hydrogens is 488 g/mol. The van der Waals surface area contributed by atoms with E-state index in [1.807, 2.05) is 30.0 Å². The summed E-state index contributed by atoms with van der Waals surface area (Å²) < 4.78 is 40.0. The zero-order chi connectivity index (χ0) is 27.0. The monoisotopic (exact) mass is 522 g/mol. The number of sulfonamides is 1. The van der Waals surface area contributed by atoms with E-state index in [0.717, 1.165) is 27.8 Å². The molecule has 3 aromatic rings. The minimum atomic E-state index is -4.15. The topological polar surface area (TPSA) is 84.9 Å². The summed E-state index contributed by atoms with van der Waals surface area (Å²) in [4.78, 5) is 16.0. The second-order valence-corrected chi connectivity index (χ2v) is 11.3. The van der Waals surface area contributed by atoms with Crippen LogP contribution in [-0.4, -0.2) is 32.9 Å². The lowest BCUT2D eigenvalue weighted by Crippen LogP contribution is -2.52. The molecule has 0 saturated heterocycles. The van der Waals surface area contributed by atoms with E-state index in [9.17, 15) is 13.2 Å². The Morgan fingerprint density at radius 1 is 1.05 bits per heavy atom. The summed E-state index contributed by atoms with van der Waals surface area (Å²) in [5.74, 6) is 0.473. The Morgan fingerprint density at radius 3 is 2.38 bits per heavy atom. The highest BCUT2D eigenvalue weighted by atomic mass is 32.2. The number of amides is 1. The second kappa shape index (κ2) is 10.2. The standard InChI is InChI=1S/C29H34N2O5S/c1-7-36-27-13-9-12-26-25(27)18-31(17-24-20(3)14-19(2)15-21(24)4)29(26,5)28(32)30-37(33,34)23-11-8-10-22(16-23)35-6/h8-16H,7,17-18H2,1-6H3,(H,30,32). The van der Waals surface area contributed by atoms with Crippen LogP contribution in [0.25, 0.3) is 0 Å². The first-order chi connectivity index (χ1) is 17.5. The highest BCUT2D eigenvalue weighted by Crippen LogP contribution is 2.44. The fourth-order valence-electron chi connectivity index (χ4n) is 5.17. The van der Waals surface area contributed by atoms with Crippen LogP contribution in [0.3, 0.4) is 0 Å². The Kier molecular flexibility index (Phi) is 7.35. The van der Waals surface area contributed by atoms with Gasteiger partial charge in [-0.2, -0.15) is 0 Å². The van der Waals surface area contributed by atoms with E-state index in [0.29, 0.717) is 31.2 Å². The second-order valence-electron chi connectivity index (χ2n) is 9.63. The number of nitrogens with one attached hydrogen (secondary N) is 1. The summed E-state index contributed by atoms with van der Waals surface area (Å²) in [5, 5.41) is 0. The van der Waals surface area contributed by atoms with Gasteiger partial charge in [0.25, 0.3) is 15.9 Å². The molecule has 8 heteroatoms. The van der Waals surface area contributed by atoms with Crippen LogP contribution in [0, 0.1) is 20.8 Å². The third-order valence-corrected chi connectivity index (χ3v) is 8.48. The summed E-state index contributed by atoms with van der Waals surface area (Å²) in [6.07, 6.45) is 0. The van der Waals surface area contributed by atoms with Crippen molar-refractivity contribution < 1.29 is 22.7 Å². The maximum Gasteiger partial charge on any atom is 0.264 e. The minimum absolute atomic E-state index is 0.0399. The lowest BCUT2D eigenvalue weighted by Gasteiger charge is -2.35. The molecule has 1 N–H and O–H groups in total. The first-order valence-electron chi connectivity index (χ1n) is 12.3. The number of rotatable bonds is 8. The van der Waals surface area contributed by atoms with Gasteiger partial charge in [0.2, 0.25) is 0 Å². The Morgan fingerprint density at radius 2 is 1.73 bits per heavy atom. The van der Waals surface area contributed by atoms with Gasteiger partial charge in [0.05, 0.1) is 18.6 Å². The lowest BCUT2D eigenvalue weighted by molar-refractivity contribution is -0.131. The summed E-state index contributed by atoms with van der Waals surface area (Å²) in [6.45, 7) is 11.3. The van der Waals surface area contributed by atoms with Gasteiger partial charge < -0.3 is 9.47 Å². The first kappa shape index (κ1) is 26.7. The molecule has 196 valence electrons. The van der Waals surface area contributed by atoms with E-state index in [1.54, 1.807) is 19.1 Å². The van der Waals surface area contributed by atoms with Crippen LogP contribution >= 0.6 is 0 Å². The Balaban J connectivity index is 1.78. The molecule has 1 unspecified atom stereocenters. The predicted molar refractivity (Wildman–Crippen MR) is 143 cm³/mol. The molecule has 0 radical (unpaired) electrons. The molecule has 0 aromatic heterocycles. The molecule has 1 atom stereocenters. The van der Waals surface area contributed by atoms with Gasteiger partial charge in [0.15, 0.2) is 0 Å². The van der Waals surface area contributed by atoms with Crippen molar-refractivity contribution >= 4 is 15.9 Å². The SMILES string of the molecule is CCOc1cccc2c1CN(Cc1c(C)cc(C)cc1C)C2(C)C(=O)NS(=O)(=O)c1cccc(OC)c1. The summed E-state index contributed by atoms with van der Waals surface area (Å²) in [5.41, 5.74) is 4.92. The van der Waals surface area contributed by atoms with E-state index in [2.05, 4.69) is 37.6 Å². The molecule has 1 amide bonds. The van der Waals surface area contributed by atoms with Gasteiger partial charge in [-0.15, -0.1) is 0 Å². The highest BCUT2D eigenvalue weighted by Gasteiger charge is 2.49. The lowest BCUT2D eigenvalue weighted by atomic mass is 9.89. The van der Waals surface area contributed by atoms with Crippen molar-refractivity contribution in [2.24, 2.45) is 0 Å². The van der Waals surface area contributed by atoms with E-state index in [1.165, 1.54) is 24.8 Å². The third-order valence-electron chi connectivity index (χ3n) is 7.15. The molecule has 7 nitrogen and oxygen atoms in total. The van der Waals surface area contributed by atoms with Crippen LogP contribution in [0.5, 0.6) is 11.5 Å². The van der Waals surface area contributed by atoms with Gasteiger partial charge >= 0.3 is 0 Å². The van der Waals surface area contributed by atoms with Crippen molar-refractivity contribution in [1.82, 2.24) is 9.62 Å². The molecule has 0 aliphatic carbocycles. The van der Waals surface area contributed by atoms with Gasteiger partial charge in [0.1, 0.15) is 17.0 Å². The van der Waals surface area contributed by atoms with Crippen LogP contribution in [0.15, 0.2) is 59.5 Å². The fraction of sp³-hybridized carbons (Fsp3) is 0.345. The smallest absolute Gasteiger partial charge is 0.264 e. The van der Waals surface area contributed by atoms with Crippen LogP contribution in [-0.2, 0) is 33.4 Å². The number of benzene rings is 3. The number of aryl methyl sites for hydroxylation is 3. The molecule has 4 rings (SSSR count). The first-order valence-corrected chi connectivity index (χ1v) is 13.8. The molecule has 3 aromatic carbocycles. The number of nitrogens with zero attached hydrogens (tertiary/aromatic N) is 1. The number of hydrogen-bond donors (Lipinski definition) is 1. The van der Waals surface area contributed by atoms with E-state index in [-0.39, 0.29) is 4.90 Å². The summed E-state index contributed by atoms with van der Waals surface area (Å²) in [6, 6.07) is 15.9. The van der Waals surface area contributed by atoms with Crippen molar-refractivity contribution in [3.8, 4) is 11.5 Å². The zero-order valence-electron chi connectivity index (χ0n) is 22.2. The maximum atomic E-state index is 14.0. The Hall–Kier alpha value is -3.36. The van der Waals surface area contributed by atoms with E-state index >= 15 is 0 Å². The number of carbonyl (C=O) groups excluding carboxylic acids is 1. The normalized spacial score (nSPS) is 17.4. The van der Waals surface area contributed by atoms with Gasteiger partial charge in [0, 0.05) is 24.7 Å². The number of methoxy groups -OCH3 is 1. The number of hydrogen-bond acceptors (Lipinski definition) is 6. The fourth-order valence-corrected chi connectivity index (χ4v) is 6.26. The molecule has 0 spiro atoms. The molecule has 1 heterocycles. The van der Waals surface area contributed by atoms with Crippen molar-refractivity contribution in [3.05, 3.63) is 88.0 Å². The van der Waals surface area contributed by atoms with Crippen molar-refractivity contribution in [2.75, 3.05) is 13.7 Å². The largest absolute Gasteiger partial charge is 0.497 e. The average molecular weight is 523 g/mol. The molecule has 37 heavy (non-hydrogen) atoms. The van der Waals surface area contributed by atoms with Gasteiger partial charge in [-0.25, -0.2) is 13.1 Å². The predicted octanol–water partition coefficient (Wildman–Crippen LogP) is 4.76. The molecule has 0 bridgehead atoms. The number of fused-ring (bicyclic) bond motifs is 1. The van der Waals surface area contributed by atoms with E-state index in [4.69, 9.17) is 9.47 Å². The Labute approximate surface area is 219 Å². The van der Waals surface area contributed by atoms with Gasteiger partial charge in [-0.1, -0.05) is 35.9 Å². The van der Waals surface area contributed by atoms with Crippen molar-refractivity contribution in [1.29, 1.82) is 0 Å². The minimum Gasteiger partial charge on any atom is -0.497 e.